The second-order valence-electron chi connectivity index (χ2n) is 4.13. The van der Waals surface area contributed by atoms with E-state index in [-0.39, 0.29) is 17.7 Å². The molecule has 1 aliphatic heterocycles. The minimum Gasteiger partial charge on any atom is -0.481 e. The molecule has 5 heteroatoms. The second kappa shape index (κ2) is 5.11. The Hall–Kier alpha value is -1.10. The number of aliphatic carboxylic acids is 1. The Morgan fingerprint density at radius 2 is 2.13 bits per heavy atom. The summed E-state index contributed by atoms with van der Waals surface area (Å²) in [6.07, 6.45) is 0. The molecule has 5 nitrogen and oxygen atoms in total. The summed E-state index contributed by atoms with van der Waals surface area (Å²) in [4.78, 5) is 23.4. The van der Waals surface area contributed by atoms with Crippen LogP contribution in [0.1, 0.15) is 13.8 Å². The van der Waals surface area contributed by atoms with Crippen LogP contribution in [0, 0.1) is 11.8 Å². The fourth-order valence-electron chi connectivity index (χ4n) is 1.70. The molecule has 1 rings (SSSR count). The van der Waals surface area contributed by atoms with Gasteiger partial charge in [0, 0.05) is 33.1 Å². The van der Waals surface area contributed by atoms with Gasteiger partial charge in [0.1, 0.15) is 0 Å². The molecule has 15 heavy (non-hydrogen) atoms. The summed E-state index contributed by atoms with van der Waals surface area (Å²) in [5, 5.41) is 11.5. The first kappa shape index (κ1) is 12.0. The normalized spacial score (nSPS) is 19.3. The van der Waals surface area contributed by atoms with E-state index in [4.69, 9.17) is 5.11 Å². The third kappa shape index (κ3) is 3.51. The van der Waals surface area contributed by atoms with Crippen LogP contribution >= 0.6 is 0 Å². The summed E-state index contributed by atoms with van der Waals surface area (Å²) in [6.45, 7) is 6.34. The quantitative estimate of drug-likeness (QED) is 0.663. The summed E-state index contributed by atoms with van der Waals surface area (Å²) >= 11 is 0. The van der Waals surface area contributed by atoms with Gasteiger partial charge >= 0.3 is 5.97 Å². The molecule has 0 aromatic rings. The maximum Gasteiger partial charge on any atom is 0.306 e. The molecule has 1 aliphatic rings. The average Bonchev–Trinajstić information content (AvgIpc) is 2.07. The summed E-state index contributed by atoms with van der Waals surface area (Å²) in [7, 11) is 0. The van der Waals surface area contributed by atoms with Crippen LogP contribution < -0.4 is 5.32 Å². The molecule has 1 heterocycles. The van der Waals surface area contributed by atoms with Crippen molar-refractivity contribution in [2.75, 3.05) is 26.2 Å². The van der Waals surface area contributed by atoms with Crippen molar-refractivity contribution in [1.29, 1.82) is 0 Å². The second-order valence-corrected chi connectivity index (χ2v) is 4.13. The number of carboxylic acids is 1. The van der Waals surface area contributed by atoms with E-state index in [1.807, 2.05) is 0 Å². The monoisotopic (exact) mass is 214 g/mol. The fourth-order valence-corrected chi connectivity index (χ4v) is 1.70. The van der Waals surface area contributed by atoms with Gasteiger partial charge in [0.25, 0.3) is 0 Å². The van der Waals surface area contributed by atoms with E-state index < -0.39 is 5.97 Å². The van der Waals surface area contributed by atoms with Gasteiger partial charge in [-0.3, -0.25) is 9.59 Å². The van der Waals surface area contributed by atoms with E-state index in [0.29, 0.717) is 6.54 Å². The molecule has 0 saturated carbocycles. The predicted molar refractivity (Wildman–Crippen MR) is 55.4 cm³/mol. The molecule has 0 radical (unpaired) electrons. The first-order valence-electron chi connectivity index (χ1n) is 5.20. The summed E-state index contributed by atoms with van der Waals surface area (Å²) < 4.78 is 0. The summed E-state index contributed by atoms with van der Waals surface area (Å²) in [5.41, 5.74) is 0. The molecule has 1 amide bonds. The van der Waals surface area contributed by atoms with E-state index in [1.54, 1.807) is 6.92 Å². The van der Waals surface area contributed by atoms with Crippen molar-refractivity contribution >= 4 is 11.9 Å². The number of nitrogens with one attached hydrogen (secondary N) is 1. The molecule has 1 unspecified atom stereocenters. The molecule has 1 fully saturated rings. The van der Waals surface area contributed by atoms with Gasteiger partial charge in [-0.15, -0.1) is 0 Å². The van der Waals surface area contributed by atoms with Crippen molar-refractivity contribution in [2.45, 2.75) is 13.8 Å². The molecule has 0 bridgehead atoms. The molecule has 0 aromatic heterocycles. The van der Waals surface area contributed by atoms with Crippen LogP contribution in [0.2, 0.25) is 0 Å². The maximum atomic E-state index is 10.7. The minimum absolute atomic E-state index is 0.0222. The zero-order valence-electron chi connectivity index (χ0n) is 9.19. The van der Waals surface area contributed by atoms with Crippen molar-refractivity contribution in [3.05, 3.63) is 0 Å². The van der Waals surface area contributed by atoms with Crippen LogP contribution in [0.3, 0.4) is 0 Å². The topological polar surface area (TPSA) is 69.6 Å². The third-order valence-corrected chi connectivity index (χ3v) is 2.88. The molecule has 1 saturated heterocycles. The van der Waals surface area contributed by atoms with E-state index in [9.17, 15) is 9.59 Å². The fraction of sp³-hybridized carbons (Fsp3) is 0.800. The van der Waals surface area contributed by atoms with Crippen molar-refractivity contribution in [3.8, 4) is 0 Å². The Kier molecular flexibility index (Phi) is 4.08. The Morgan fingerprint density at radius 1 is 1.53 bits per heavy atom. The molecular formula is C10H18N2O3. The molecule has 2 N–H and O–H groups in total. The lowest BCUT2D eigenvalue weighted by molar-refractivity contribution is -0.145. The molecule has 0 spiro atoms. The first-order chi connectivity index (χ1) is 7.00. The van der Waals surface area contributed by atoms with Crippen LogP contribution in [-0.2, 0) is 9.59 Å². The number of likely N-dealkylation sites (tertiary alicyclic amines) is 1. The van der Waals surface area contributed by atoms with Crippen molar-refractivity contribution in [1.82, 2.24) is 10.2 Å². The zero-order valence-corrected chi connectivity index (χ0v) is 9.19. The van der Waals surface area contributed by atoms with E-state index in [2.05, 4.69) is 10.2 Å². The molecule has 0 aliphatic carbocycles. The van der Waals surface area contributed by atoms with Crippen molar-refractivity contribution in [2.24, 2.45) is 11.8 Å². The van der Waals surface area contributed by atoms with Gasteiger partial charge in [-0.25, -0.2) is 0 Å². The van der Waals surface area contributed by atoms with Crippen LogP contribution in [0.25, 0.3) is 0 Å². The van der Waals surface area contributed by atoms with E-state index in [1.165, 1.54) is 6.92 Å². The largest absolute Gasteiger partial charge is 0.481 e. The number of carbonyl (C=O) groups is 2. The van der Waals surface area contributed by atoms with Gasteiger partial charge in [-0.1, -0.05) is 6.92 Å². The van der Waals surface area contributed by atoms with Gasteiger partial charge in [0.2, 0.25) is 5.91 Å². The van der Waals surface area contributed by atoms with Crippen molar-refractivity contribution < 1.29 is 14.7 Å². The standard InChI is InChI=1S/C10H18N2O3/c1-7(10(14)15)9-5-12(6-9)4-3-11-8(2)13/h7,9H,3-6H2,1-2H3,(H,11,13)(H,14,15). The number of hydrogen-bond donors (Lipinski definition) is 2. The number of nitrogens with zero attached hydrogens (tertiary/aromatic N) is 1. The lowest BCUT2D eigenvalue weighted by Crippen LogP contribution is -2.52. The highest BCUT2D eigenvalue weighted by molar-refractivity contribution is 5.72. The molecular weight excluding hydrogens is 196 g/mol. The average molecular weight is 214 g/mol. The summed E-state index contributed by atoms with van der Waals surface area (Å²) in [6, 6.07) is 0. The number of hydrogen-bond acceptors (Lipinski definition) is 3. The maximum absolute atomic E-state index is 10.7. The van der Waals surface area contributed by atoms with Gasteiger partial charge < -0.3 is 15.3 Å². The Bertz CT molecular complexity index is 249. The Morgan fingerprint density at radius 3 is 2.60 bits per heavy atom. The lowest BCUT2D eigenvalue weighted by Gasteiger charge is -2.41. The smallest absolute Gasteiger partial charge is 0.306 e. The highest BCUT2D eigenvalue weighted by Gasteiger charge is 2.33. The number of carboxylic acid groups (broad SMARTS) is 1. The third-order valence-electron chi connectivity index (χ3n) is 2.88. The van der Waals surface area contributed by atoms with Crippen LogP contribution in [0.4, 0.5) is 0 Å². The molecule has 0 aromatic carbocycles. The van der Waals surface area contributed by atoms with Gasteiger partial charge in [0.15, 0.2) is 0 Å². The minimum atomic E-state index is -0.721. The molecule has 1 atom stereocenters. The van der Waals surface area contributed by atoms with Crippen LogP contribution in [0.5, 0.6) is 0 Å². The Balaban J connectivity index is 2.10. The lowest BCUT2D eigenvalue weighted by atomic mass is 9.87. The predicted octanol–water partition coefficient (Wildman–Crippen LogP) is -0.225. The highest BCUT2D eigenvalue weighted by Crippen LogP contribution is 2.23. The first-order valence-corrected chi connectivity index (χ1v) is 5.20. The number of rotatable bonds is 5. The summed E-state index contributed by atoms with van der Waals surface area (Å²) in [5.74, 6) is -0.741. The van der Waals surface area contributed by atoms with Crippen LogP contribution in [-0.4, -0.2) is 48.1 Å². The number of amides is 1. The zero-order chi connectivity index (χ0) is 11.4. The number of carbonyl (C=O) groups excluding carboxylic acids is 1. The van der Waals surface area contributed by atoms with E-state index >= 15 is 0 Å². The molecule has 86 valence electrons. The van der Waals surface area contributed by atoms with E-state index in [0.717, 1.165) is 19.6 Å². The Labute approximate surface area is 89.4 Å². The van der Waals surface area contributed by atoms with Gasteiger partial charge in [-0.2, -0.15) is 0 Å². The SMILES string of the molecule is CC(=O)NCCN1CC(C(C)C(=O)O)C1. The van der Waals surface area contributed by atoms with Crippen molar-refractivity contribution in [3.63, 3.8) is 0 Å². The van der Waals surface area contributed by atoms with Gasteiger partial charge in [-0.05, 0) is 5.92 Å². The van der Waals surface area contributed by atoms with Crippen LogP contribution in [0.15, 0.2) is 0 Å². The highest BCUT2D eigenvalue weighted by atomic mass is 16.4. The van der Waals surface area contributed by atoms with Gasteiger partial charge in [0.05, 0.1) is 5.92 Å².